The average molecular weight is 272 g/mol. The molecule has 6 heteroatoms. The van der Waals surface area contributed by atoms with Crippen molar-refractivity contribution in [2.75, 3.05) is 6.54 Å². The van der Waals surface area contributed by atoms with Gasteiger partial charge in [0, 0.05) is 19.4 Å². The summed E-state index contributed by atoms with van der Waals surface area (Å²) in [5.74, 6) is -1.61. The molecule has 2 amide bonds. The van der Waals surface area contributed by atoms with Crippen LogP contribution in [0.4, 0.5) is 0 Å². The van der Waals surface area contributed by atoms with E-state index in [0.717, 1.165) is 6.42 Å². The summed E-state index contributed by atoms with van der Waals surface area (Å²) < 4.78 is 0. The molecule has 0 fully saturated rings. The number of aliphatic carboxylic acids is 1. The molecule has 0 aliphatic carbocycles. The number of carbonyl (C=O) groups is 3. The molecule has 1 unspecified atom stereocenters. The highest BCUT2D eigenvalue weighted by molar-refractivity contribution is 5.84. The van der Waals surface area contributed by atoms with Gasteiger partial charge in [-0.25, -0.2) is 4.79 Å². The summed E-state index contributed by atoms with van der Waals surface area (Å²) in [4.78, 5) is 33.7. The number of carbonyl (C=O) groups excluding carboxylic acids is 2. The van der Waals surface area contributed by atoms with Crippen molar-refractivity contribution < 1.29 is 19.5 Å². The summed E-state index contributed by atoms with van der Waals surface area (Å²) in [6.07, 6.45) is 1.75. The first-order chi connectivity index (χ1) is 8.88. The van der Waals surface area contributed by atoms with E-state index in [0.29, 0.717) is 13.0 Å². The Kier molecular flexibility index (Phi) is 8.57. The van der Waals surface area contributed by atoms with Gasteiger partial charge in [0.05, 0.1) is 0 Å². The molecule has 0 spiro atoms. The minimum absolute atomic E-state index is 0.0757. The molecule has 19 heavy (non-hydrogen) atoms. The van der Waals surface area contributed by atoms with E-state index in [4.69, 9.17) is 5.11 Å². The average Bonchev–Trinajstić information content (AvgIpc) is 2.32. The van der Waals surface area contributed by atoms with Crippen LogP contribution in [0.25, 0.3) is 0 Å². The van der Waals surface area contributed by atoms with Gasteiger partial charge < -0.3 is 15.7 Å². The number of carboxylic acids is 1. The molecule has 3 N–H and O–H groups in total. The number of carboxylic acid groups (broad SMARTS) is 1. The van der Waals surface area contributed by atoms with Gasteiger partial charge in [0.15, 0.2) is 0 Å². The Morgan fingerprint density at radius 2 is 1.68 bits per heavy atom. The van der Waals surface area contributed by atoms with Gasteiger partial charge in [-0.15, -0.1) is 0 Å². The van der Waals surface area contributed by atoms with E-state index in [1.54, 1.807) is 13.8 Å². The molecule has 0 aliphatic rings. The van der Waals surface area contributed by atoms with Crippen LogP contribution in [0.2, 0.25) is 0 Å². The molecule has 0 radical (unpaired) electrons. The Labute approximate surface area is 113 Å². The summed E-state index contributed by atoms with van der Waals surface area (Å²) in [5.41, 5.74) is 0. The molecule has 1 atom stereocenters. The minimum Gasteiger partial charge on any atom is -0.480 e. The minimum atomic E-state index is -1.04. The van der Waals surface area contributed by atoms with Gasteiger partial charge in [0.2, 0.25) is 11.8 Å². The zero-order chi connectivity index (χ0) is 14.8. The SMILES string of the molecule is CCCNC(=O)CCCC(=O)NC(C(=O)O)C(C)C. The maximum atomic E-state index is 11.6. The quantitative estimate of drug-likeness (QED) is 0.581. The van der Waals surface area contributed by atoms with Gasteiger partial charge in [0.1, 0.15) is 6.04 Å². The Morgan fingerprint density at radius 1 is 1.11 bits per heavy atom. The van der Waals surface area contributed by atoms with Crippen molar-refractivity contribution in [1.82, 2.24) is 10.6 Å². The fourth-order valence-corrected chi connectivity index (χ4v) is 1.52. The molecule has 6 nitrogen and oxygen atoms in total. The fraction of sp³-hybridized carbons (Fsp3) is 0.769. The van der Waals surface area contributed by atoms with E-state index in [1.807, 2.05) is 6.92 Å². The molecule has 0 heterocycles. The highest BCUT2D eigenvalue weighted by atomic mass is 16.4. The lowest BCUT2D eigenvalue weighted by Crippen LogP contribution is -2.44. The number of hydrogen-bond donors (Lipinski definition) is 3. The van der Waals surface area contributed by atoms with E-state index in [1.165, 1.54) is 0 Å². The van der Waals surface area contributed by atoms with Crippen molar-refractivity contribution >= 4 is 17.8 Å². The Hall–Kier alpha value is -1.59. The van der Waals surface area contributed by atoms with Crippen molar-refractivity contribution in [3.05, 3.63) is 0 Å². The van der Waals surface area contributed by atoms with E-state index >= 15 is 0 Å². The van der Waals surface area contributed by atoms with Crippen LogP contribution in [0.15, 0.2) is 0 Å². The summed E-state index contributed by atoms with van der Waals surface area (Å²) in [7, 11) is 0. The Bertz CT molecular complexity index is 316. The van der Waals surface area contributed by atoms with Crippen LogP contribution in [0.5, 0.6) is 0 Å². The third-order valence-corrected chi connectivity index (χ3v) is 2.63. The summed E-state index contributed by atoms with van der Waals surface area (Å²) >= 11 is 0. The van der Waals surface area contributed by atoms with Gasteiger partial charge in [-0.1, -0.05) is 20.8 Å². The largest absolute Gasteiger partial charge is 0.480 e. The van der Waals surface area contributed by atoms with Crippen LogP contribution in [0, 0.1) is 5.92 Å². The van der Waals surface area contributed by atoms with Gasteiger partial charge >= 0.3 is 5.97 Å². The standard InChI is InChI=1S/C13H24N2O4/c1-4-8-14-10(16)6-5-7-11(17)15-12(9(2)3)13(18)19/h9,12H,4-8H2,1-3H3,(H,14,16)(H,15,17)(H,18,19). The molecule has 0 aromatic carbocycles. The maximum Gasteiger partial charge on any atom is 0.326 e. The van der Waals surface area contributed by atoms with Crippen molar-refractivity contribution in [2.24, 2.45) is 5.92 Å². The topological polar surface area (TPSA) is 95.5 Å². The predicted molar refractivity (Wildman–Crippen MR) is 71.6 cm³/mol. The van der Waals surface area contributed by atoms with Gasteiger partial charge in [-0.3, -0.25) is 9.59 Å². The lowest BCUT2D eigenvalue weighted by atomic mass is 10.0. The second kappa shape index (κ2) is 9.35. The molecule has 0 aromatic rings. The highest BCUT2D eigenvalue weighted by Crippen LogP contribution is 2.03. The Morgan fingerprint density at radius 3 is 2.16 bits per heavy atom. The fourth-order valence-electron chi connectivity index (χ4n) is 1.52. The highest BCUT2D eigenvalue weighted by Gasteiger charge is 2.22. The van der Waals surface area contributed by atoms with E-state index in [-0.39, 0.29) is 30.6 Å². The zero-order valence-electron chi connectivity index (χ0n) is 11.9. The molecule has 0 rings (SSSR count). The second-order valence-electron chi connectivity index (χ2n) is 4.83. The van der Waals surface area contributed by atoms with E-state index < -0.39 is 12.0 Å². The van der Waals surface area contributed by atoms with Crippen molar-refractivity contribution in [1.29, 1.82) is 0 Å². The molecule has 0 aromatic heterocycles. The Balaban J connectivity index is 3.92. The number of amides is 2. The molecular formula is C13H24N2O4. The lowest BCUT2D eigenvalue weighted by Gasteiger charge is -2.17. The molecular weight excluding hydrogens is 248 g/mol. The third kappa shape index (κ3) is 8.18. The number of rotatable bonds is 9. The molecule has 0 saturated heterocycles. The van der Waals surface area contributed by atoms with Crippen LogP contribution in [-0.4, -0.2) is 35.5 Å². The predicted octanol–water partition coefficient (Wildman–Crippen LogP) is 0.908. The maximum absolute atomic E-state index is 11.6. The molecule has 0 bridgehead atoms. The molecule has 0 saturated carbocycles. The first-order valence-electron chi connectivity index (χ1n) is 6.67. The second-order valence-corrected chi connectivity index (χ2v) is 4.83. The van der Waals surface area contributed by atoms with Gasteiger partial charge in [-0.05, 0) is 18.8 Å². The van der Waals surface area contributed by atoms with Crippen LogP contribution in [0.3, 0.4) is 0 Å². The van der Waals surface area contributed by atoms with Gasteiger partial charge in [-0.2, -0.15) is 0 Å². The third-order valence-electron chi connectivity index (χ3n) is 2.63. The van der Waals surface area contributed by atoms with Crippen molar-refractivity contribution in [3.8, 4) is 0 Å². The number of hydrogen-bond acceptors (Lipinski definition) is 3. The smallest absolute Gasteiger partial charge is 0.326 e. The number of nitrogens with one attached hydrogen (secondary N) is 2. The van der Waals surface area contributed by atoms with Gasteiger partial charge in [0.25, 0.3) is 0 Å². The van der Waals surface area contributed by atoms with Crippen LogP contribution >= 0.6 is 0 Å². The first kappa shape index (κ1) is 17.4. The van der Waals surface area contributed by atoms with Crippen LogP contribution < -0.4 is 10.6 Å². The summed E-state index contributed by atoms with van der Waals surface area (Å²) in [6.45, 7) is 6.07. The monoisotopic (exact) mass is 272 g/mol. The van der Waals surface area contributed by atoms with Crippen molar-refractivity contribution in [2.45, 2.75) is 52.5 Å². The van der Waals surface area contributed by atoms with Crippen LogP contribution in [-0.2, 0) is 14.4 Å². The van der Waals surface area contributed by atoms with E-state index in [2.05, 4.69) is 10.6 Å². The lowest BCUT2D eigenvalue weighted by molar-refractivity contribution is -0.143. The molecule has 110 valence electrons. The molecule has 0 aliphatic heterocycles. The zero-order valence-corrected chi connectivity index (χ0v) is 11.9. The van der Waals surface area contributed by atoms with Crippen LogP contribution in [0.1, 0.15) is 46.5 Å². The van der Waals surface area contributed by atoms with E-state index in [9.17, 15) is 14.4 Å². The van der Waals surface area contributed by atoms with Crippen molar-refractivity contribution in [3.63, 3.8) is 0 Å². The first-order valence-corrected chi connectivity index (χ1v) is 6.67. The summed E-state index contributed by atoms with van der Waals surface area (Å²) in [5, 5.41) is 14.1. The normalized spacial score (nSPS) is 12.0. The summed E-state index contributed by atoms with van der Waals surface area (Å²) in [6, 6.07) is -0.874.